The molecule has 3 aliphatic rings. The van der Waals surface area contributed by atoms with Crippen molar-refractivity contribution in [2.75, 3.05) is 31.1 Å². The highest BCUT2D eigenvalue weighted by Gasteiger charge is 2.33. The van der Waals surface area contributed by atoms with Crippen LogP contribution < -0.4 is 4.90 Å². The Kier molecular flexibility index (Phi) is 7.78. The standard InChI is InChI=1S/C27H31ClN2O2.ClH/c28-24-6-2-1-4-20(24)11-15-29-13-9-19(10-14-29)7-8-25(31)22-16-21-5-3-12-30-26(32)18-23(17-22)27(21)30;/h1-2,4,6,16-17,19H,3,5,7-15,18H2;1H. The summed E-state index contributed by atoms with van der Waals surface area (Å²) in [6, 6.07) is 12.1. The number of benzene rings is 2. The van der Waals surface area contributed by atoms with Crippen molar-refractivity contribution < 1.29 is 9.59 Å². The van der Waals surface area contributed by atoms with Crippen LogP contribution in [0, 0.1) is 5.92 Å². The second-order valence-corrected chi connectivity index (χ2v) is 9.96. The van der Waals surface area contributed by atoms with E-state index in [9.17, 15) is 9.59 Å². The van der Waals surface area contributed by atoms with Gasteiger partial charge in [0, 0.05) is 30.1 Å². The molecule has 2 aromatic carbocycles. The zero-order valence-electron chi connectivity index (χ0n) is 19.0. The van der Waals surface area contributed by atoms with Crippen molar-refractivity contribution in [2.45, 2.75) is 51.4 Å². The molecule has 0 bridgehead atoms. The highest BCUT2D eigenvalue weighted by molar-refractivity contribution is 6.31. The third-order valence-electron chi connectivity index (χ3n) is 7.47. The Morgan fingerprint density at radius 1 is 1.06 bits per heavy atom. The van der Waals surface area contributed by atoms with Crippen LogP contribution in [0.5, 0.6) is 0 Å². The molecule has 0 atom stereocenters. The van der Waals surface area contributed by atoms with Crippen molar-refractivity contribution in [2.24, 2.45) is 5.92 Å². The van der Waals surface area contributed by atoms with Crippen molar-refractivity contribution in [3.8, 4) is 0 Å². The first kappa shape index (κ1) is 24.3. The van der Waals surface area contributed by atoms with Gasteiger partial charge in [0.05, 0.1) is 12.1 Å². The Labute approximate surface area is 207 Å². The van der Waals surface area contributed by atoms with Crippen LogP contribution in [0.2, 0.25) is 5.02 Å². The van der Waals surface area contributed by atoms with Gasteiger partial charge >= 0.3 is 0 Å². The molecule has 0 radical (unpaired) electrons. The number of carbonyl (C=O) groups excluding carboxylic acids is 2. The van der Waals surface area contributed by atoms with Crippen LogP contribution in [-0.4, -0.2) is 42.8 Å². The van der Waals surface area contributed by atoms with Crippen LogP contribution in [0.15, 0.2) is 36.4 Å². The number of aryl methyl sites for hydroxylation is 1. The molecule has 1 fully saturated rings. The minimum absolute atomic E-state index is 0. The number of hydrogen-bond acceptors (Lipinski definition) is 3. The Bertz CT molecular complexity index is 1030. The van der Waals surface area contributed by atoms with E-state index in [0.717, 1.165) is 86.5 Å². The van der Waals surface area contributed by atoms with E-state index in [1.165, 1.54) is 11.1 Å². The first-order valence-corrected chi connectivity index (χ1v) is 12.4. The molecule has 176 valence electrons. The van der Waals surface area contributed by atoms with Crippen molar-refractivity contribution >= 4 is 41.4 Å². The second-order valence-electron chi connectivity index (χ2n) is 9.56. The Morgan fingerprint density at radius 3 is 2.61 bits per heavy atom. The highest BCUT2D eigenvalue weighted by Crippen LogP contribution is 2.38. The predicted molar refractivity (Wildman–Crippen MR) is 136 cm³/mol. The minimum Gasteiger partial charge on any atom is -0.312 e. The van der Waals surface area contributed by atoms with Gasteiger partial charge in [-0.05, 0) is 92.4 Å². The maximum atomic E-state index is 13.0. The van der Waals surface area contributed by atoms with E-state index in [1.807, 2.05) is 29.2 Å². The predicted octanol–water partition coefficient (Wildman–Crippen LogP) is 5.51. The van der Waals surface area contributed by atoms with E-state index in [4.69, 9.17) is 11.6 Å². The normalized spacial score (nSPS) is 18.2. The molecule has 0 saturated carbocycles. The molecule has 1 saturated heterocycles. The summed E-state index contributed by atoms with van der Waals surface area (Å²) >= 11 is 6.28. The maximum absolute atomic E-state index is 13.0. The zero-order chi connectivity index (χ0) is 22.1. The molecule has 5 rings (SSSR count). The second kappa shape index (κ2) is 10.6. The van der Waals surface area contributed by atoms with Crippen LogP contribution in [0.3, 0.4) is 0 Å². The number of halogens is 2. The molecule has 0 aromatic heterocycles. The van der Waals surface area contributed by atoms with Crippen molar-refractivity contribution in [1.29, 1.82) is 0 Å². The smallest absolute Gasteiger partial charge is 0.231 e. The molecule has 0 N–H and O–H groups in total. The van der Waals surface area contributed by atoms with Gasteiger partial charge in [0.1, 0.15) is 0 Å². The van der Waals surface area contributed by atoms with E-state index in [2.05, 4.69) is 17.0 Å². The fourth-order valence-corrected chi connectivity index (χ4v) is 5.83. The fourth-order valence-electron chi connectivity index (χ4n) is 5.60. The highest BCUT2D eigenvalue weighted by atomic mass is 35.5. The van der Waals surface area contributed by atoms with Crippen LogP contribution >= 0.6 is 24.0 Å². The van der Waals surface area contributed by atoms with Crippen LogP contribution in [0.25, 0.3) is 0 Å². The number of Topliss-reactive ketones (excluding diaryl/α,β-unsaturated/α-hetero) is 1. The molecule has 6 heteroatoms. The molecule has 1 amide bonds. The van der Waals surface area contributed by atoms with E-state index >= 15 is 0 Å². The average Bonchev–Trinajstić information content (AvgIpc) is 3.14. The number of ketones is 1. The topological polar surface area (TPSA) is 40.6 Å². The summed E-state index contributed by atoms with van der Waals surface area (Å²) in [5, 5.41) is 0.860. The van der Waals surface area contributed by atoms with E-state index in [1.54, 1.807) is 0 Å². The fraction of sp³-hybridized carbons (Fsp3) is 0.481. The maximum Gasteiger partial charge on any atom is 0.231 e. The van der Waals surface area contributed by atoms with Crippen LogP contribution in [0.4, 0.5) is 5.69 Å². The van der Waals surface area contributed by atoms with E-state index in [-0.39, 0.29) is 24.1 Å². The number of anilines is 1. The van der Waals surface area contributed by atoms with Crippen molar-refractivity contribution in [3.63, 3.8) is 0 Å². The average molecular weight is 487 g/mol. The SMILES string of the molecule is Cl.O=C(CCC1CCN(CCc2ccccc2Cl)CC1)c1cc2c3c(c1)CC(=O)N3CCC2. The summed E-state index contributed by atoms with van der Waals surface area (Å²) in [6.45, 7) is 4.07. The number of nitrogens with zero attached hydrogens (tertiary/aromatic N) is 2. The summed E-state index contributed by atoms with van der Waals surface area (Å²) < 4.78 is 0. The Morgan fingerprint density at radius 2 is 1.82 bits per heavy atom. The van der Waals surface area contributed by atoms with Crippen molar-refractivity contribution in [1.82, 2.24) is 4.90 Å². The molecule has 3 heterocycles. The van der Waals surface area contributed by atoms with Gasteiger partial charge in [-0.3, -0.25) is 9.59 Å². The lowest BCUT2D eigenvalue weighted by Crippen LogP contribution is -2.35. The first-order chi connectivity index (χ1) is 15.6. The Hall–Kier alpha value is -1.88. The third-order valence-corrected chi connectivity index (χ3v) is 7.84. The van der Waals surface area contributed by atoms with Crippen LogP contribution in [0.1, 0.15) is 59.2 Å². The van der Waals surface area contributed by atoms with Gasteiger partial charge in [0.2, 0.25) is 5.91 Å². The number of rotatable bonds is 7. The van der Waals surface area contributed by atoms with Gasteiger partial charge in [-0.15, -0.1) is 12.4 Å². The molecule has 2 aromatic rings. The van der Waals surface area contributed by atoms with Crippen molar-refractivity contribution in [3.05, 3.63) is 63.7 Å². The minimum atomic E-state index is 0. The molecule has 0 unspecified atom stereocenters. The lowest BCUT2D eigenvalue weighted by atomic mass is 9.89. The summed E-state index contributed by atoms with van der Waals surface area (Å²) in [6.07, 6.45) is 7.31. The molecule has 33 heavy (non-hydrogen) atoms. The van der Waals surface area contributed by atoms with Gasteiger partial charge in [0.15, 0.2) is 5.78 Å². The molecule has 3 aliphatic heterocycles. The Balaban J connectivity index is 0.00000259. The number of amides is 1. The monoisotopic (exact) mass is 486 g/mol. The molecule has 0 aliphatic carbocycles. The number of likely N-dealkylation sites (tertiary alicyclic amines) is 1. The number of piperidine rings is 1. The summed E-state index contributed by atoms with van der Waals surface area (Å²) in [4.78, 5) is 29.7. The summed E-state index contributed by atoms with van der Waals surface area (Å²) in [5.41, 5.74) is 5.38. The van der Waals surface area contributed by atoms with Gasteiger partial charge in [-0.25, -0.2) is 0 Å². The molecule has 4 nitrogen and oxygen atoms in total. The van der Waals surface area contributed by atoms with Gasteiger partial charge in [-0.2, -0.15) is 0 Å². The largest absolute Gasteiger partial charge is 0.312 e. The van der Waals surface area contributed by atoms with Crippen LogP contribution in [-0.2, 0) is 24.1 Å². The first-order valence-electron chi connectivity index (χ1n) is 12.0. The van der Waals surface area contributed by atoms with Gasteiger partial charge in [-0.1, -0.05) is 29.8 Å². The van der Waals surface area contributed by atoms with Gasteiger partial charge in [0.25, 0.3) is 0 Å². The molecular formula is C27H32Cl2N2O2. The van der Waals surface area contributed by atoms with E-state index < -0.39 is 0 Å². The zero-order valence-corrected chi connectivity index (χ0v) is 20.6. The quantitative estimate of drug-likeness (QED) is 0.484. The lowest BCUT2D eigenvalue weighted by Gasteiger charge is -2.32. The number of hydrogen-bond donors (Lipinski definition) is 0. The van der Waals surface area contributed by atoms with Gasteiger partial charge < -0.3 is 9.80 Å². The number of carbonyl (C=O) groups is 2. The lowest BCUT2D eigenvalue weighted by molar-refractivity contribution is -0.117. The molecule has 0 spiro atoms. The summed E-state index contributed by atoms with van der Waals surface area (Å²) in [5.74, 6) is 1.05. The third kappa shape index (κ3) is 5.29. The summed E-state index contributed by atoms with van der Waals surface area (Å²) in [7, 11) is 0. The van der Waals surface area contributed by atoms with E-state index in [0.29, 0.717) is 18.8 Å². The molecular weight excluding hydrogens is 455 g/mol.